The molecule has 80 valence electrons. The van der Waals surface area contributed by atoms with Crippen LogP contribution in [0.3, 0.4) is 0 Å². The largest absolute Gasteiger partial charge is 0.441 e. The van der Waals surface area contributed by atoms with Crippen molar-refractivity contribution in [2.45, 2.75) is 27.0 Å². The summed E-state index contributed by atoms with van der Waals surface area (Å²) < 4.78 is 7.09. The van der Waals surface area contributed by atoms with Gasteiger partial charge in [-0.05, 0) is 19.9 Å². The fraction of sp³-hybridized carbons (Fsp3) is 0.400. The normalized spacial score (nSPS) is 10.9. The Morgan fingerprint density at radius 1 is 1.53 bits per heavy atom. The van der Waals surface area contributed by atoms with E-state index >= 15 is 0 Å². The van der Waals surface area contributed by atoms with Crippen LogP contribution in [0.1, 0.15) is 18.3 Å². The minimum absolute atomic E-state index is 0.125. The molecule has 2 aromatic heterocycles. The molecule has 0 saturated heterocycles. The number of aliphatic hydroxyl groups excluding tert-OH is 1. The van der Waals surface area contributed by atoms with Gasteiger partial charge in [-0.2, -0.15) is 5.10 Å². The fourth-order valence-electron chi connectivity index (χ4n) is 1.56. The lowest BCUT2D eigenvalue weighted by Gasteiger charge is -2.01. The quantitative estimate of drug-likeness (QED) is 0.825. The lowest BCUT2D eigenvalue weighted by Crippen LogP contribution is -2.00. The van der Waals surface area contributed by atoms with Crippen molar-refractivity contribution in [2.24, 2.45) is 0 Å². The van der Waals surface area contributed by atoms with Crippen LogP contribution in [0.25, 0.3) is 11.5 Å². The topological polar surface area (TPSA) is 64.1 Å². The Morgan fingerprint density at radius 2 is 2.33 bits per heavy atom. The van der Waals surface area contributed by atoms with Crippen LogP contribution in [-0.2, 0) is 13.2 Å². The van der Waals surface area contributed by atoms with Crippen molar-refractivity contribution in [3.05, 3.63) is 23.8 Å². The minimum Gasteiger partial charge on any atom is -0.441 e. The zero-order valence-corrected chi connectivity index (χ0v) is 8.77. The molecule has 0 aliphatic carbocycles. The number of rotatable bonds is 3. The van der Waals surface area contributed by atoms with Gasteiger partial charge in [-0.3, -0.25) is 4.68 Å². The molecular formula is C10H13N3O2. The first-order chi connectivity index (χ1) is 7.26. The van der Waals surface area contributed by atoms with Crippen LogP contribution in [0.15, 0.2) is 16.9 Å². The summed E-state index contributed by atoms with van der Waals surface area (Å²) in [7, 11) is 0. The van der Waals surface area contributed by atoms with Crippen LogP contribution in [0.5, 0.6) is 0 Å². The molecule has 0 aromatic carbocycles. The van der Waals surface area contributed by atoms with Crippen molar-refractivity contribution < 1.29 is 9.52 Å². The molecule has 5 heteroatoms. The van der Waals surface area contributed by atoms with E-state index in [4.69, 9.17) is 9.52 Å². The smallest absolute Gasteiger partial charge is 0.181 e. The molecule has 2 aromatic rings. The van der Waals surface area contributed by atoms with Crippen molar-refractivity contribution >= 4 is 0 Å². The zero-order valence-electron chi connectivity index (χ0n) is 8.77. The highest BCUT2D eigenvalue weighted by Crippen LogP contribution is 2.23. The van der Waals surface area contributed by atoms with E-state index in [1.54, 1.807) is 0 Å². The van der Waals surface area contributed by atoms with Crippen molar-refractivity contribution in [3.63, 3.8) is 0 Å². The number of hydrogen-bond acceptors (Lipinski definition) is 4. The number of aliphatic hydroxyl groups is 1. The maximum atomic E-state index is 9.09. The number of nitrogens with zero attached hydrogens (tertiary/aromatic N) is 3. The van der Waals surface area contributed by atoms with Crippen LogP contribution in [0.4, 0.5) is 0 Å². The highest BCUT2D eigenvalue weighted by Gasteiger charge is 2.15. The summed E-state index contributed by atoms with van der Waals surface area (Å²) in [6, 6.07) is 1.92. The van der Waals surface area contributed by atoms with Gasteiger partial charge in [-0.25, -0.2) is 4.98 Å². The van der Waals surface area contributed by atoms with Crippen LogP contribution in [-0.4, -0.2) is 19.9 Å². The summed E-state index contributed by atoms with van der Waals surface area (Å²) in [5.74, 6) is 0.597. The summed E-state index contributed by atoms with van der Waals surface area (Å²) in [6.07, 6.45) is 1.34. The molecule has 0 amide bonds. The van der Waals surface area contributed by atoms with Crippen molar-refractivity contribution in [3.8, 4) is 11.5 Å². The molecular weight excluding hydrogens is 194 g/mol. The Balaban J connectivity index is 2.52. The van der Waals surface area contributed by atoms with Crippen molar-refractivity contribution in [2.75, 3.05) is 0 Å². The van der Waals surface area contributed by atoms with Gasteiger partial charge in [0.1, 0.15) is 11.4 Å². The van der Waals surface area contributed by atoms with E-state index in [9.17, 15) is 0 Å². The average molecular weight is 207 g/mol. The van der Waals surface area contributed by atoms with Gasteiger partial charge < -0.3 is 9.52 Å². The van der Waals surface area contributed by atoms with Gasteiger partial charge in [0.15, 0.2) is 12.2 Å². The predicted octanol–water partition coefficient (Wildman–Crippen LogP) is 1.36. The monoisotopic (exact) mass is 207 g/mol. The summed E-state index contributed by atoms with van der Waals surface area (Å²) in [4.78, 5) is 3.94. The van der Waals surface area contributed by atoms with Crippen molar-refractivity contribution in [1.29, 1.82) is 0 Å². The number of aryl methyl sites for hydroxylation is 2. The van der Waals surface area contributed by atoms with Gasteiger partial charge in [0.2, 0.25) is 0 Å². The zero-order chi connectivity index (χ0) is 10.8. The molecule has 0 aliphatic heterocycles. The molecule has 0 radical (unpaired) electrons. The van der Waals surface area contributed by atoms with Crippen LogP contribution in [0, 0.1) is 6.92 Å². The molecule has 5 nitrogen and oxygen atoms in total. The second-order valence-electron chi connectivity index (χ2n) is 3.27. The highest BCUT2D eigenvalue weighted by atomic mass is 16.3. The van der Waals surface area contributed by atoms with Crippen molar-refractivity contribution in [1.82, 2.24) is 14.8 Å². The summed E-state index contributed by atoms with van der Waals surface area (Å²) >= 11 is 0. The van der Waals surface area contributed by atoms with Gasteiger partial charge >= 0.3 is 0 Å². The third-order valence-corrected chi connectivity index (χ3v) is 2.23. The van der Waals surface area contributed by atoms with Gasteiger partial charge in [0.25, 0.3) is 0 Å². The molecule has 0 atom stereocenters. The molecule has 0 unspecified atom stereocenters. The Hall–Kier alpha value is -1.62. The van der Waals surface area contributed by atoms with Crippen LogP contribution in [0.2, 0.25) is 0 Å². The second kappa shape index (κ2) is 3.86. The molecule has 0 fully saturated rings. The Morgan fingerprint density at radius 3 is 3.00 bits per heavy atom. The molecule has 0 aliphatic rings. The first-order valence-corrected chi connectivity index (χ1v) is 4.84. The number of oxazole rings is 1. The first kappa shape index (κ1) is 9.92. The molecule has 2 rings (SSSR count). The minimum atomic E-state index is -0.125. The SMILES string of the molecule is CCn1nc(C)cc1-c1ocnc1CO. The van der Waals surface area contributed by atoms with E-state index < -0.39 is 0 Å². The molecule has 0 bridgehead atoms. The summed E-state index contributed by atoms with van der Waals surface area (Å²) in [6.45, 7) is 4.56. The van der Waals surface area contributed by atoms with E-state index in [1.165, 1.54) is 6.39 Å². The maximum absolute atomic E-state index is 9.09. The van der Waals surface area contributed by atoms with Gasteiger partial charge in [0.05, 0.1) is 12.3 Å². The maximum Gasteiger partial charge on any atom is 0.181 e. The lowest BCUT2D eigenvalue weighted by molar-refractivity contribution is 0.277. The van der Waals surface area contributed by atoms with Gasteiger partial charge in [0, 0.05) is 6.54 Å². The van der Waals surface area contributed by atoms with E-state index in [0.717, 1.165) is 17.9 Å². The van der Waals surface area contributed by atoms with E-state index in [1.807, 2.05) is 24.6 Å². The second-order valence-corrected chi connectivity index (χ2v) is 3.27. The summed E-state index contributed by atoms with van der Waals surface area (Å²) in [5, 5.41) is 13.4. The van der Waals surface area contributed by atoms with E-state index in [-0.39, 0.29) is 6.61 Å². The molecule has 1 N–H and O–H groups in total. The Bertz CT molecular complexity index is 459. The first-order valence-electron chi connectivity index (χ1n) is 4.84. The predicted molar refractivity (Wildman–Crippen MR) is 54.1 cm³/mol. The number of aromatic nitrogens is 3. The summed E-state index contributed by atoms with van der Waals surface area (Å²) in [5.41, 5.74) is 2.33. The van der Waals surface area contributed by atoms with Gasteiger partial charge in [-0.15, -0.1) is 0 Å². The molecule has 0 saturated carbocycles. The third-order valence-electron chi connectivity index (χ3n) is 2.23. The molecule has 15 heavy (non-hydrogen) atoms. The molecule has 0 spiro atoms. The fourth-order valence-corrected chi connectivity index (χ4v) is 1.56. The van der Waals surface area contributed by atoms with Gasteiger partial charge in [-0.1, -0.05) is 0 Å². The third kappa shape index (κ3) is 1.66. The Kier molecular flexibility index (Phi) is 2.55. The van der Waals surface area contributed by atoms with Crippen LogP contribution >= 0.6 is 0 Å². The van der Waals surface area contributed by atoms with E-state index in [0.29, 0.717) is 11.5 Å². The highest BCUT2D eigenvalue weighted by molar-refractivity contribution is 5.55. The lowest BCUT2D eigenvalue weighted by atomic mass is 10.2. The average Bonchev–Trinajstić information content (AvgIpc) is 2.82. The standard InChI is InChI=1S/C10H13N3O2/c1-3-13-9(4-7(2)12-13)10-8(5-14)11-6-15-10/h4,6,14H,3,5H2,1-2H3. The Labute approximate surface area is 87.4 Å². The molecule has 2 heterocycles. The number of hydrogen-bond donors (Lipinski definition) is 1. The van der Waals surface area contributed by atoms with E-state index in [2.05, 4.69) is 10.1 Å². The van der Waals surface area contributed by atoms with Crippen LogP contribution < -0.4 is 0 Å².